The molecule has 127 valence electrons. The summed E-state index contributed by atoms with van der Waals surface area (Å²) in [4.78, 5) is 8.81. The van der Waals surface area contributed by atoms with Crippen LogP contribution in [0.4, 0.5) is 0 Å². The van der Waals surface area contributed by atoms with Gasteiger partial charge < -0.3 is 4.57 Å². The average Bonchev–Trinajstić information content (AvgIpc) is 3.27. The smallest absolute Gasteiger partial charge is 0.154 e. The van der Waals surface area contributed by atoms with Crippen LogP contribution in [0.1, 0.15) is 11.4 Å². The maximum absolute atomic E-state index is 4.70. The lowest BCUT2D eigenvalue weighted by Gasteiger charge is -2.01. The second-order valence-electron chi connectivity index (χ2n) is 6.18. The summed E-state index contributed by atoms with van der Waals surface area (Å²) in [6.07, 6.45) is 3.54. The molecule has 0 amide bonds. The fourth-order valence-corrected chi connectivity index (χ4v) is 3.08. The molecule has 5 nitrogen and oxygen atoms in total. The van der Waals surface area contributed by atoms with E-state index in [1.807, 2.05) is 66.2 Å². The SMILES string of the molecule is Cn1c(C#Cc2cnc3ccc(-c4cc[c]cc4)nn23)cc2cccnc21. The number of imidazole rings is 1. The van der Waals surface area contributed by atoms with Crippen molar-refractivity contribution in [1.82, 2.24) is 24.1 Å². The molecular weight excluding hydrogens is 334 g/mol. The third kappa shape index (κ3) is 2.64. The first-order valence-corrected chi connectivity index (χ1v) is 8.53. The van der Waals surface area contributed by atoms with E-state index in [0.717, 1.165) is 39.3 Å². The van der Waals surface area contributed by atoms with E-state index in [4.69, 9.17) is 5.10 Å². The quantitative estimate of drug-likeness (QED) is 0.436. The van der Waals surface area contributed by atoms with Gasteiger partial charge in [-0.15, -0.1) is 0 Å². The molecule has 0 aliphatic carbocycles. The maximum Gasteiger partial charge on any atom is 0.154 e. The van der Waals surface area contributed by atoms with E-state index in [0.29, 0.717) is 0 Å². The minimum atomic E-state index is 0.743. The Labute approximate surface area is 155 Å². The molecule has 0 unspecified atom stereocenters. The molecular formula is C22H14N5. The number of aryl methyl sites for hydroxylation is 1. The Morgan fingerprint density at radius 1 is 0.963 bits per heavy atom. The van der Waals surface area contributed by atoms with E-state index in [-0.39, 0.29) is 0 Å². The molecule has 5 rings (SSSR count). The molecule has 0 fully saturated rings. The monoisotopic (exact) mass is 348 g/mol. The normalized spacial score (nSPS) is 10.9. The second kappa shape index (κ2) is 6.11. The van der Waals surface area contributed by atoms with Crippen LogP contribution in [0.25, 0.3) is 27.9 Å². The summed E-state index contributed by atoms with van der Waals surface area (Å²) in [6.45, 7) is 0. The maximum atomic E-state index is 4.70. The summed E-state index contributed by atoms with van der Waals surface area (Å²) in [5.41, 5.74) is 5.22. The molecule has 0 aliphatic heterocycles. The fraction of sp³-hybridized carbons (Fsp3) is 0.0455. The third-order valence-corrected chi connectivity index (χ3v) is 4.48. The van der Waals surface area contributed by atoms with Crippen LogP contribution in [0.5, 0.6) is 0 Å². The Morgan fingerprint density at radius 3 is 2.67 bits per heavy atom. The van der Waals surface area contributed by atoms with Crippen molar-refractivity contribution >= 4 is 16.7 Å². The first-order chi connectivity index (χ1) is 13.3. The Balaban J connectivity index is 1.60. The summed E-state index contributed by atoms with van der Waals surface area (Å²) in [5, 5.41) is 5.77. The predicted octanol–water partition coefficient (Wildman–Crippen LogP) is 3.48. The van der Waals surface area contributed by atoms with Crippen LogP contribution < -0.4 is 0 Å². The standard InChI is InChI=1S/C22H14N5/c1-26-18(14-17-8-5-13-23-22(17)26)9-10-19-15-24-21-12-11-20(25-27(19)21)16-6-3-2-4-7-16/h3-8,11-15H,1H3. The molecule has 0 spiro atoms. The zero-order valence-corrected chi connectivity index (χ0v) is 14.6. The van der Waals surface area contributed by atoms with E-state index >= 15 is 0 Å². The Kier molecular flexibility index (Phi) is 3.48. The van der Waals surface area contributed by atoms with Gasteiger partial charge in [0.25, 0.3) is 0 Å². The topological polar surface area (TPSA) is 48.0 Å². The summed E-state index contributed by atoms with van der Waals surface area (Å²) >= 11 is 0. The van der Waals surface area contributed by atoms with Gasteiger partial charge in [0.15, 0.2) is 5.65 Å². The summed E-state index contributed by atoms with van der Waals surface area (Å²) in [7, 11) is 1.97. The molecule has 0 N–H and O–H groups in total. The number of hydrogen-bond donors (Lipinski definition) is 0. The van der Waals surface area contributed by atoms with Gasteiger partial charge in [-0.25, -0.2) is 14.5 Å². The lowest BCUT2D eigenvalue weighted by molar-refractivity contribution is 0.925. The number of pyridine rings is 1. The largest absolute Gasteiger partial charge is 0.322 e. The Hall–Kier alpha value is -3.91. The van der Waals surface area contributed by atoms with E-state index in [1.54, 1.807) is 16.9 Å². The van der Waals surface area contributed by atoms with Gasteiger partial charge in [0.2, 0.25) is 0 Å². The van der Waals surface area contributed by atoms with Crippen LogP contribution in [-0.2, 0) is 7.05 Å². The minimum Gasteiger partial charge on any atom is -0.322 e. The first-order valence-electron chi connectivity index (χ1n) is 8.53. The van der Waals surface area contributed by atoms with Crippen molar-refractivity contribution in [3.63, 3.8) is 0 Å². The third-order valence-electron chi connectivity index (χ3n) is 4.48. The lowest BCUT2D eigenvalue weighted by atomic mass is 10.1. The zero-order valence-electron chi connectivity index (χ0n) is 14.6. The molecule has 4 heterocycles. The van der Waals surface area contributed by atoms with Gasteiger partial charge in [0, 0.05) is 24.2 Å². The first kappa shape index (κ1) is 15.4. The highest BCUT2D eigenvalue weighted by molar-refractivity contribution is 5.78. The molecule has 27 heavy (non-hydrogen) atoms. The number of aromatic nitrogens is 5. The fourth-order valence-electron chi connectivity index (χ4n) is 3.08. The number of rotatable bonds is 1. The van der Waals surface area contributed by atoms with Gasteiger partial charge >= 0.3 is 0 Å². The molecule has 1 radical (unpaired) electrons. The summed E-state index contributed by atoms with van der Waals surface area (Å²) < 4.78 is 3.77. The van der Waals surface area contributed by atoms with Gasteiger partial charge in [-0.3, -0.25) is 0 Å². The molecule has 4 aromatic heterocycles. The molecule has 5 heteroatoms. The Bertz CT molecular complexity index is 1330. The van der Waals surface area contributed by atoms with E-state index in [2.05, 4.69) is 27.9 Å². The van der Waals surface area contributed by atoms with Crippen molar-refractivity contribution in [3.8, 4) is 23.1 Å². The van der Waals surface area contributed by atoms with E-state index < -0.39 is 0 Å². The highest BCUT2D eigenvalue weighted by Gasteiger charge is 2.07. The molecule has 0 bridgehead atoms. The molecule has 0 atom stereocenters. The van der Waals surface area contributed by atoms with E-state index in [9.17, 15) is 0 Å². The molecule has 5 aromatic rings. The molecule has 0 aliphatic rings. The van der Waals surface area contributed by atoms with Gasteiger partial charge in [0.05, 0.1) is 17.6 Å². The van der Waals surface area contributed by atoms with Crippen LogP contribution in [0, 0.1) is 17.9 Å². The predicted molar refractivity (Wildman–Crippen MR) is 104 cm³/mol. The molecule has 1 aromatic carbocycles. The number of fused-ring (bicyclic) bond motifs is 2. The molecule has 0 saturated heterocycles. The molecule has 0 saturated carbocycles. The summed E-state index contributed by atoms with van der Waals surface area (Å²) in [6, 6.07) is 20.7. The lowest BCUT2D eigenvalue weighted by Crippen LogP contribution is -1.97. The van der Waals surface area contributed by atoms with Crippen molar-refractivity contribution in [2.24, 2.45) is 7.05 Å². The number of hydrogen-bond acceptors (Lipinski definition) is 3. The van der Waals surface area contributed by atoms with Crippen molar-refractivity contribution in [3.05, 3.63) is 84.4 Å². The van der Waals surface area contributed by atoms with Crippen LogP contribution in [0.3, 0.4) is 0 Å². The van der Waals surface area contributed by atoms with Crippen LogP contribution in [0.15, 0.2) is 67.0 Å². The minimum absolute atomic E-state index is 0.743. The Morgan fingerprint density at radius 2 is 1.81 bits per heavy atom. The number of nitrogens with zero attached hydrogens (tertiary/aromatic N) is 5. The van der Waals surface area contributed by atoms with E-state index in [1.165, 1.54) is 0 Å². The van der Waals surface area contributed by atoms with Crippen molar-refractivity contribution in [2.45, 2.75) is 0 Å². The van der Waals surface area contributed by atoms with Gasteiger partial charge in [-0.05, 0) is 48.2 Å². The van der Waals surface area contributed by atoms with Crippen molar-refractivity contribution < 1.29 is 0 Å². The van der Waals surface area contributed by atoms with Crippen molar-refractivity contribution in [2.75, 3.05) is 0 Å². The highest BCUT2D eigenvalue weighted by atomic mass is 15.3. The number of benzene rings is 1. The van der Waals surface area contributed by atoms with Crippen molar-refractivity contribution in [1.29, 1.82) is 0 Å². The average molecular weight is 348 g/mol. The van der Waals surface area contributed by atoms with Crippen LogP contribution in [0.2, 0.25) is 0 Å². The second-order valence-corrected chi connectivity index (χ2v) is 6.18. The van der Waals surface area contributed by atoms with Crippen LogP contribution in [-0.4, -0.2) is 24.1 Å². The highest BCUT2D eigenvalue weighted by Crippen LogP contribution is 2.18. The summed E-state index contributed by atoms with van der Waals surface area (Å²) in [5.74, 6) is 6.42. The van der Waals surface area contributed by atoms with Gasteiger partial charge in [-0.1, -0.05) is 24.3 Å². The van der Waals surface area contributed by atoms with Gasteiger partial charge in [0.1, 0.15) is 11.3 Å². The van der Waals surface area contributed by atoms with Crippen LogP contribution >= 0.6 is 0 Å². The zero-order chi connectivity index (χ0) is 18.2. The van der Waals surface area contributed by atoms with Gasteiger partial charge in [-0.2, -0.15) is 5.10 Å².